The third kappa shape index (κ3) is 4.52. The van der Waals surface area contributed by atoms with E-state index in [0.717, 1.165) is 38.5 Å². The summed E-state index contributed by atoms with van der Waals surface area (Å²) in [7, 11) is 0. The zero-order valence-corrected chi connectivity index (χ0v) is 20.4. The Morgan fingerprint density at radius 2 is 1.82 bits per heavy atom. The lowest BCUT2D eigenvalue weighted by atomic mass is 9.96. The minimum atomic E-state index is -1.09. The molecule has 4 rings (SSSR count). The summed E-state index contributed by atoms with van der Waals surface area (Å²) in [5.41, 5.74) is -0.827. The molecule has 3 atom stereocenters. The summed E-state index contributed by atoms with van der Waals surface area (Å²) in [5, 5.41) is 15.8. The number of halogens is 1. The van der Waals surface area contributed by atoms with Gasteiger partial charge in [0, 0.05) is 10.3 Å². The van der Waals surface area contributed by atoms with Crippen molar-refractivity contribution in [2.45, 2.75) is 87.1 Å². The zero-order valence-electron chi connectivity index (χ0n) is 19.5. The molecule has 2 amide bonds. The molecule has 1 aromatic carbocycles. The number of hydrogen-bond donors (Lipinski definition) is 2. The number of amides is 2. The smallest absolute Gasteiger partial charge is 0.327 e. The maximum atomic E-state index is 14.6. The predicted octanol–water partition coefficient (Wildman–Crippen LogP) is 3.29. The quantitative estimate of drug-likeness (QED) is 0.274. The van der Waals surface area contributed by atoms with Crippen molar-refractivity contribution in [3.8, 4) is 0 Å². The Bertz CT molecular complexity index is 1020. The van der Waals surface area contributed by atoms with E-state index in [2.05, 4.69) is 10.5 Å². The van der Waals surface area contributed by atoms with Gasteiger partial charge in [-0.15, -0.1) is 11.8 Å². The lowest BCUT2D eigenvalue weighted by Crippen LogP contribution is -2.71. The van der Waals surface area contributed by atoms with Crippen molar-refractivity contribution in [1.29, 1.82) is 0 Å². The van der Waals surface area contributed by atoms with Gasteiger partial charge in [0.05, 0.1) is 0 Å². The highest BCUT2D eigenvalue weighted by molar-refractivity contribution is 8.01. The molecule has 0 unspecified atom stereocenters. The number of carbonyl (C=O) groups excluding carboxylic acids is 2. The molecule has 1 saturated carbocycles. The maximum Gasteiger partial charge on any atom is 0.327 e. The molecule has 3 fully saturated rings. The Morgan fingerprint density at radius 3 is 2.44 bits per heavy atom. The molecule has 8 nitrogen and oxygen atoms in total. The summed E-state index contributed by atoms with van der Waals surface area (Å²) in [4.78, 5) is 44.9. The van der Waals surface area contributed by atoms with Crippen LogP contribution in [0.3, 0.4) is 0 Å². The molecule has 34 heavy (non-hydrogen) atoms. The second-order valence-electron chi connectivity index (χ2n) is 9.92. The summed E-state index contributed by atoms with van der Waals surface area (Å²) in [6.45, 7) is 5.46. The third-order valence-electron chi connectivity index (χ3n) is 6.82. The molecule has 0 spiro atoms. The molecule has 184 valence electrons. The monoisotopic (exact) mass is 491 g/mol. The summed E-state index contributed by atoms with van der Waals surface area (Å²) < 4.78 is 13.9. The van der Waals surface area contributed by atoms with E-state index in [1.807, 2.05) is 6.92 Å². The molecular formula is C24H30FN3O5S. The Morgan fingerprint density at radius 1 is 1.18 bits per heavy atom. The van der Waals surface area contributed by atoms with Gasteiger partial charge in [0.2, 0.25) is 5.91 Å². The van der Waals surface area contributed by atoms with Gasteiger partial charge in [-0.3, -0.25) is 9.59 Å². The number of hydrogen-bond acceptors (Lipinski definition) is 6. The van der Waals surface area contributed by atoms with Crippen molar-refractivity contribution in [2.24, 2.45) is 5.16 Å². The van der Waals surface area contributed by atoms with E-state index in [4.69, 9.17) is 4.84 Å². The van der Waals surface area contributed by atoms with Crippen LogP contribution in [0.5, 0.6) is 0 Å². The molecule has 3 aliphatic rings. The molecule has 0 aromatic heterocycles. The topological polar surface area (TPSA) is 108 Å². The number of nitrogens with one attached hydrogen (secondary N) is 1. The first-order valence-electron chi connectivity index (χ1n) is 11.6. The molecule has 0 bridgehead atoms. The van der Waals surface area contributed by atoms with Gasteiger partial charge < -0.3 is 20.2 Å². The van der Waals surface area contributed by atoms with Crippen LogP contribution in [0.1, 0.15) is 64.9 Å². The highest BCUT2D eigenvalue weighted by atomic mass is 32.2. The number of fused-ring (bicyclic) bond motifs is 1. The van der Waals surface area contributed by atoms with Gasteiger partial charge in [0.25, 0.3) is 5.91 Å². The van der Waals surface area contributed by atoms with E-state index in [9.17, 15) is 23.9 Å². The van der Waals surface area contributed by atoms with Crippen molar-refractivity contribution < 1.29 is 28.7 Å². The second-order valence-corrected chi connectivity index (χ2v) is 11.7. The molecule has 2 N–H and O–H groups in total. The highest BCUT2D eigenvalue weighted by Gasteiger charge is 2.64. The Labute approximate surface area is 202 Å². The number of carbonyl (C=O) groups is 3. The number of benzene rings is 1. The van der Waals surface area contributed by atoms with Crippen LogP contribution in [-0.2, 0) is 19.2 Å². The number of carboxylic acid groups (broad SMARTS) is 1. The Kier molecular flexibility index (Phi) is 6.63. The standard InChI is InChI=1S/C24H30FN3O5S/c1-23(2)18(22(31)32)28-20(30)17(21(28)34-23)26-19(29)16(14-10-6-7-11-15(14)25)27-33-24(3)12-8-4-5-9-13-24/h6-7,10-11,17-18,21H,4-5,8-9,12-13H2,1-3H3,(H,26,29)(H,31,32)/b27-16-/t17-,18-,21+/m0/s1. The van der Waals surface area contributed by atoms with E-state index >= 15 is 0 Å². The summed E-state index contributed by atoms with van der Waals surface area (Å²) in [6, 6.07) is 3.87. The molecule has 1 aliphatic carbocycles. The fourth-order valence-electron chi connectivity index (χ4n) is 4.94. The summed E-state index contributed by atoms with van der Waals surface area (Å²) in [6.07, 6.45) is 5.75. The predicted molar refractivity (Wildman–Crippen MR) is 126 cm³/mol. The number of thioether (sulfide) groups is 1. The van der Waals surface area contributed by atoms with Crippen LogP contribution < -0.4 is 5.32 Å². The largest absolute Gasteiger partial charge is 0.480 e. The molecule has 1 aromatic rings. The highest BCUT2D eigenvalue weighted by Crippen LogP contribution is 2.50. The fraction of sp³-hybridized carbons (Fsp3) is 0.583. The van der Waals surface area contributed by atoms with Crippen LogP contribution in [-0.4, -0.2) is 61.3 Å². The van der Waals surface area contributed by atoms with Crippen LogP contribution in [0.15, 0.2) is 29.4 Å². The van der Waals surface area contributed by atoms with Crippen molar-refractivity contribution in [3.63, 3.8) is 0 Å². The number of nitrogens with zero attached hydrogens (tertiary/aromatic N) is 2. The molecular weight excluding hydrogens is 461 g/mol. The lowest BCUT2D eigenvalue weighted by Gasteiger charge is -2.43. The van der Waals surface area contributed by atoms with Crippen LogP contribution in [0.25, 0.3) is 0 Å². The Balaban J connectivity index is 1.57. The molecule has 0 radical (unpaired) electrons. The average Bonchev–Trinajstić information content (AvgIpc) is 2.87. The first kappa shape index (κ1) is 24.5. The minimum absolute atomic E-state index is 0.0244. The molecule has 2 saturated heterocycles. The minimum Gasteiger partial charge on any atom is -0.480 e. The van der Waals surface area contributed by atoms with Gasteiger partial charge >= 0.3 is 5.97 Å². The molecule has 10 heteroatoms. The van der Waals surface area contributed by atoms with E-state index in [1.165, 1.54) is 34.9 Å². The summed E-state index contributed by atoms with van der Waals surface area (Å²) >= 11 is 1.32. The van der Waals surface area contributed by atoms with Gasteiger partial charge in [0.15, 0.2) is 5.71 Å². The number of carboxylic acids is 1. The number of oxime groups is 1. The molecule has 2 aliphatic heterocycles. The van der Waals surface area contributed by atoms with Gasteiger partial charge in [0.1, 0.15) is 28.9 Å². The second kappa shape index (κ2) is 9.20. The number of rotatable bonds is 6. The SMILES string of the molecule is CC1(O/N=C(\C(=O)N[C@H]2C(=O)N3[C@@H]2SC(C)(C)[C@@H]3C(=O)O)c2ccccc2F)CCCCCC1. The first-order valence-corrected chi connectivity index (χ1v) is 12.5. The van der Waals surface area contributed by atoms with Crippen LogP contribution in [0.4, 0.5) is 4.39 Å². The van der Waals surface area contributed by atoms with Crippen molar-refractivity contribution in [1.82, 2.24) is 10.2 Å². The van der Waals surface area contributed by atoms with Gasteiger partial charge in [-0.25, -0.2) is 9.18 Å². The van der Waals surface area contributed by atoms with Crippen molar-refractivity contribution in [2.75, 3.05) is 0 Å². The average molecular weight is 492 g/mol. The Hall–Kier alpha value is -2.62. The van der Waals surface area contributed by atoms with Crippen LogP contribution in [0.2, 0.25) is 0 Å². The van der Waals surface area contributed by atoms with E-state index in [0.29, 0.717) is 0 Å². The number of aliphatic carboxylic acids is 1. The van der Waals surface area contributed by atoms with Crippen molar-refractivity contribution >= 4 is 35.3 Å². The first-order chi connectivity index (χ1) is 16.0. The number of β-lactam (4-membered cyclic amide) rings is 1. The zero-order chi connectivity index (χ0) is 24.7. The van der Waals surface area contributed by atoms with Crippen molar-refractivity contribution in [3.05, 3.63) is 35.6 Å². The lowest BCUT2D eigenvalue weighted by molar-refractivity contribution is -0.160. The summed E-state index contributed by atoms with van der Waals surface area (Å²) in [5.74, 6) is -2.93. The fourth-order valence-corrected chi connectivity index (χ4v) is 6.57. The van der Waals surface area contributed by atoms with Gasteiger partial charge in [-0.05, 0) is 58.6 Å². The van der Waals surface area contributed by atoms with Crippen LogP contribution >= 0.6 is 11.8 Å². The van der Waals surface area contributed by atoms with Crippen LogP contribution in [0, 0.1) is 5.82 Å². The van der Waals surface area contributed by atoms with E-state index in [-0.39, 0.29) is 11.3 Å². The molecule has 2 heterocycles. The third-order valence-corrected chi connectivity index (χ3v) is 8.40. The maximum absolute atomic E-state index is 14.6. The van der Waals surface area contributed by atoms with E-state index in [1.54, 1.807) is 19.9 Å². The van der Waals surface area contributed by atoms with Gasteiger partial charge in [-0.1, -0.05) is 30.1 Å². The van der Waals surface area contributed by atoms with Gasteiger partial charge in [-0.2, -0.15) is 0 Å². The normalized spacial score (nSPS) is 27.9. The van der Waals surface area contributed by atoms with E-state index < -0.39 is 51.4 Å².